The Kier molecular flexibility index (Phi) is 33.7. The first-order chi connectivity index (χ1) is 26.3. The molecule has 0 heterocycles. The summed E-state index contributed by atoms with van der Waals surface area (Å²) in [5.41, 5.74) is 3.14. The minimum absolute atomic E-state index is 0.794. The number of azo groups is 1. The van der Waals surface area contributed by atoms with Crippen LogP contribution in [0, 0.1) is 0 Å². The lowest BCUT2D eigenvalue weighted by Crippen LogP contribution is -1.96. The smallest absolute Gasteiger partial charge is 0.119 e. The van der Waals surface area contributed by atoms with E-state index in [1.807, 2.05) is 30.3 Å². The third-order valence-electron chi connectivity index (χ3n) is 10.5. The van der Waals surface area contributed by atoms with Gasteiger partial charge in [-0.05, 0) is 68.0 Å². The minimum Gasteiger partial charge on any atom is -0.494 e. The number of hydrogen-bond donors (Lipinski definition) is 0. The molecule has 2 aromatic rings. The van der Waals surface area contributed by atoms with Crippen LogP contribution >= 0.6 is 21.6 Å². The van der Waals surface area contributed by atoms with Crippen LogP contribution in [0.4, 0.5) is 11.4 Å². The van der Waals surface area contributed by atoms with Gasteiger partial charge in [-0.3, -0.25) is 0 Å². The van der Waals surface area contributed by atoms with Crippen LogP contribution < -0.4 is 4.74 Å². The molecule has 0 saturated heterocycles. The van der Waals surface area contributed by atoms with Crippen molar-refractivity contribution in [2.75, 3.05) is 18.1 Å². The Morgan fingerprint density at radius 2 is 0.830 bits per heavy atom. The van der Waals surface area contributed by atoms with Crippen molar-refractivity contribution in [2.24, 2.45) is 10.2 Å². The van der Waals surface area contributed by atoms with E-state index < -0.39 is 0 Å². The van der Waals surface area contributed by atoms with Crippen molar-refractivity contribution < 1.29 is 4.74 Å². The van der Waals surface area contributed by atoms with Gasteiger partial charge in [0.15, 0.2) is 0 Å². The van der Waals surface area contributed by atoms with Crippen molar-refractivity contribution in [1.29, 1.82) is 0 Å². The Morgan fingerprint density at radius 3 is 1.32 bits per heavy atom. The quantitative estimate of drug-likeness (QED) is 0.0386. The van der Waals surface area contributed by atoms with Gasteiger partial charge in [0.2, 0.25) is 0 Å². The molecule has 5 heteroatoms. The Balaban J connectivity index is 1.28. The molecule has 0 amide bonds. The molecule has 0 spiro atoms. The first kappa shape index (κ1) is 47.7. The van der Waals surface area contributed by atoms with Crippen LogP contribution in [0.5, 0.6) is 5.75 Å². The van der Waals surface area contributed by atoms with Crippen molar-refractivity contribution in [3.63, 3.8) is 0 Å². The molecule has 0 aliphatic rings. The van der Waals surface area contributed by atoms with Crippen molar-refractivity contribution >= 4 is 33.0 Å². The molecule has 2 aromatic carbocycles. The minimum atomic E-state index is 0.794. The highest BCUT2D eigenvalue weighted by molar-refractivity contribution is 8.76. The molecule has 0 bridgehead atoms. The lowest BCUT2D eigenvalue weighted by atomic mass is 10.0. The average Bonchev–Trinajstić information content (AvgIpc) is 3.18. The number of unbranched alkanes of at least 4 members (excludes halogenated alkanes) is 27. The van der Waals surface area contributed by atoms with Crippen LogP contribution in [0.25, 0.3) is 0 Å². The van der Waals surface area contributed by atoms with Gasteiger partial charge in [-0.25, -0.2) is 0 Å². The van der Waals surface area contributed by atoms with Gasteiger partial charge in [-0.2, -0.15) is 10.2 Å². The zero-order valence-electron chi connectivity index (χ0n) is 34.8. The molecular formula is C48H82N2OS2. The largest absolute Gasteiger partial charge is 0.494 e. The predicted molar refractivity (Wildman–Crippen MR) is 241 cm³/mol. The molecule has 0 aromatic heterocycles. The van der Waals surface area contributed by atoms with Crippen LogP contribution in [-0.2, 0) is 6.42 Å². The molecule has 0 unspecified atom stereocenters. The van der Waals surface area contributed by atoms with Gasteiger partial charge in [-0.15, -0.1) is 0 Å². The maximum Gasteiger partial charge on any atom is 0.119 e. The zero-order valence-corrected chi connectivity index (χ0v) is 36.4. The van der Waals surface area contributed by atoms with Gasteiger partial charge in [0.25, 0.3) is 0 Å². The number of aryl methyl sites for hydroxylation is 1. The number of hydrogen-bond acceptors (Lipinski definition) is 5. The highest BCUT2D eigenvalue weighted by Crippen LogP contribution is 2.27. The SMILES string of the molecule is CCCCCCCCCCCCCCCCCCSSCCCCCCCCCCCCOc1ccc(N=Nc2ccccc2CCCCCC)cc1. The highest BCUT2D eigenvalue weighted by Gasteiger charge is 2.02. The molecule has 0 N–H and O–H groups in total. The Hall–Kier alpha value is -1.46. The Labute approximate surface area is 337 Å². The summed E-state index contributed by atoms with van der Waals surface area (Å²) in [5.74, 6) is 3.62. The second kappa shape index (κ2) is 37.5. The number of benzene rings is 2. The van der Waals surface area contributed by atoms with Gasteiger partial charge in [0.05, 0.1) is 18.0 Å². The Bertz CT molecular complexity index is 1080. The maximum atomic E-state index is 5.99. The fraction of sp³-hybridized carbons (Fsp3) is 0.750. The third kappa shape index (κ3) is 29.5. The van der Waals surface area contributed by atoms with E-state index in [1.165, 1.54) is 203 Å². The van der Waals surface area contributed by atoms with E-state index in [9.17, 15) is 0 Å². The fourth-order valence-corrected chi connectivity index (χ4v) is 9.27. The van der Waals surface area contributed by atoms with E-state index in [2.05, 4.69) is 63.9 Å². The van der Waals surface area contributed by atoms with Gasteiger partial charge in [0.1, 0.15) is 5.75 Å². The maximum absolute atomic E-state index is 5.99. The van der Waals surface area contributed by atoms with Gasteiger partial charge >= 0.3 is 0 Å². The molecule has 0 fully saturated rings. The number of rotatable bonds is 39. The van der Waals surface area contributed by atoms with Crippen LogP contribution in [0.2, 0.25) is 0 Å². The monoisotopic (exact) mass is 767 g/mol. The molecule has 0 atom stereocenters. The molecule has 53 heavy (non-hydrogen) atoms. The summed E-state index contributed by atoms with van der Waals surface area (Å²) in [5, 5.41) is 9.05. The van der Waals surface area contributed by atoms with Gasteiger partial charge in [-0.1, -0.05) is 221 Å². The van der Waals surface area contributed by atoms with E-state index in [-0.39, 0.29) is 0 Å². The fourth-order valence-electron chi connectivity index (χ4n) is 6.98. The predicted octanol–water partition coefficient (Wildman–Crippen LogP) is 18.1. The first-order valence-corrected chi connectivity index (χ1v) is 25.3. The van der Waals surface area contributed by atoms with Crippen molar-refractivity contribution in [2.45, 2.75) is 213 Å². The van der Waals surface area contributed by atoms with Crippen molar-refractivity contribution in [3.05, 3.63) is 54.1 Å². The second-order valence-electron chi connectivity index (χ2n) is 15.5. The topological polar surface area (TPSA) is 34.0 Å². The van der Waals surface area contributed by atoms with Gasteiger partial charge < -0.3 is 4.74 Å². The molecule has 302 valence electrons. The standard InChI is InChI=1S/C48H82N2OS2/c1-3-5-7-9-10-11-12-13-14-15-16-18-21-24-27-33-43-52-53-44-34-28-25-22-19-17-20-23-26-32-42-51-47-40-38-46(39-41-47)49-50-48-37-31-30-36-45(48)35-29-8-6-4-2/h30-31,36-41H,3-29,32-35,42-44H2,1-2H3. The summed E-state index contributed by atoms with van der Waals surface area (Å²) in [6.07, 6.45) is 43.0. The van der Waals surface area contributed by atoms with Gasteiger partial charge in [0, 0.05) is 11.5 Å². The molecule has 3 nitrogen and oxygen atoms in total. The summed E-state index contributed by atoms with van der Waals surface area (Å²) >= 11 is 0. The van der Waals surface area contributed by atoms with Crippen molar-refractivity contribution in [1.82, 2.24) is 0 Å². The van der Waals surface area contributed by atoms with Crippen LogP contribution in [-0.4, -0.2) is 18.1 Å². The number of ether oxygens (including phenoxy) is 1. The normalized spacial score (nSPS) is 11.6. The molecule has 0 aliphatic carbocycles. The molecule has 0 aliphatic heterocycles. The highest BCUT2D eigenvalue weighted by atomic mass is 33.1. The summed E-state index contributed by atoms with van der Waals surface area (Å²) in [6, 6.07) is 16.4. The Morgan fingerprint density at radius 1 is 0.415 bits per heavy atom. The summed E-state index contributed by atoms with van der Waals surface area (Å²) in [7, 11) is 4.25. The first-order valence-electron chi connectivity index (χ1n) is 22.8. The molecule has 2 rings (SSSR count). The summed E-state index contributed by atoms with van der Waals surface area (Å²) < 4.78 is 5.99. The van der Waals surface area contributed by atoms with Crippen molar-refractivity contribution in [3.8, 4) is 5.75 Å². The van der Waals surface area contributed by atoms with E-state index >= 15 is 0 Å². The summed E-state index contributed by atoms with van der Waals surface area (Å²) in [6.45, 7) is 5.35. The molecular weight excluding hydrogens is 685 g/mol. The second-order valence-corrected chi connectivity index (χ2v) is 18.2. The number of nitrogens with zero attached hydrogens (tertiary/aromatic N) is 2. The van der Waals surface area contributed by atoms with E-state index in [1.54, 1.807) is 0 Å². The lowest BCUT2D eigenvalue weighted by molar-refractivity contribution is 0.304. The molecule has 0 radical (unpaired) electrons. The van der Waals surface area contributed by atoms with E-state index in [0.29, 0.717) is 0 Å². The van der Waals surface area contributed by atoms with E-state index in [0.717, 1.165) is 36.6 Å². The summed E-state index contributed by atoms with van der Waals surface area (Å²) in [4.78, 5) is 0. The zero-order chi connectivity index (χ0) is 37.5. The lowest BCUT2D eigenvalue weighted by Gasteiger charge is -2.07. The van der Waals surface area contributed by atoms with Crippen LogP contribution in [0.15, 0.2) is 58.8 Å². The average molecular weight is 767 g/mol. The van der Waals surface area contributed by atoms with Crippen LogP contribution in [0.3, 0.4) is 0 Å². The molecule has 0 saturated carbocycles. The van der Waals surface area contributed by atoms with Crippen LogP contribution in [0.1, 0.15) is 212 Å². The van der Waals surface area contributed by atoms with E-state index in [4.69, 9.17) is 4.74 Å². The third-order valence-corrected chi connectivity index (χ3v) is 13.0.